The van der Waals surface area contributed by atoms with E-state index in [1.807, 2.05) is 0 Å². The molecule has 0 aliphatic rings. The van der Waals surface area contributed by atoms with Gasteiger partial charge in [-0.05, 0) is 54.4 Å². The van der Waals surface area contributed by atoms with E-state index >= 15 is 0 Å². The molecule has 0 saturated heterocycles. The second kappa shape index (κ2) is 11.0. The van der Waals surface area contributed by atoms with Crippen molar-refractivity contribution in [2.24, 2.45) is 0 Å². The maximum absolute atomic E-state index is 13.4. The average molecular weight is 510 g/mol. The van der Waals surface area contributed by atoms with Crippen molar-refractivity contribution in [2.75, 3.05) is 6.54 Å². The van der Waals surface area contributed by atoms with E-state index in [9.17, 15) is 24.6 Å². The summed E-state index contributed by atoms with van der Waals surface area (Å²) in [4.78, 5) is 21.5. The topological polar surface area (TPSA) is 126 Å². The van der Waals surface area contributed by atoms with Crippen LogP contribution in [0.3, 0.4) is 0 Å². The molecule has 3 aromatic carbocycles. The Balaban J connectivity index is 1.51. The Morgan fingerprint density at radius 1 is 1.03 bits per heavy atom. The van der Waals surface area contributed by atoms with Crippen LogP contribution in [0.25, 0.3) is 5.69 Å². The van der Waals surface area contributed by atoms with Gasteiger partial charge in [0.05, 0.1) is 4.92 Å². The van der Waals surface area contributed by atoms with Crippen LogP contribution in [0.1, 0.15) is 22.2 Å². The minimum Gasteiger partial charge on any atom is -0.489 e. The molecule has 10 nitrogen and oxygen atoms in total. The van der Waals surface area contributed by atoms with E-state index in [4.69, 9.17) is 4.74 Å². The zero-order chi connectivity index (χ0) is 25.7. The highest BCUT2D eigenvalue weighted by Gasteiger charge is 2.24. The highest BCUT2D eigenvalue weighted by molar-refractivity contribution is 7.99. The van der Waals surface area contributed by atoms with Gasteiger partial charge in [-0.15, -0.1) is 10.2 Å². The van der Waals surface area contributed by atoms with Crippen molar-refractivity contribution in [3.8, 4) is 11.4 Å². The van der Waals surface area contributed by atoms with Crippen LogP contribution in [0.15, 0.2) is 78.0 Å². The van der Waals surface area contributed by atoms with Crippen molar-refractivity contribution < 1.29 is 19.0 Å². The normalized spacial score (nSPS) is 11.7. The fourth-order valence-corrected chi connectivity index (χ4v) is 4.66. The maximum Gasteiger partial charge on any atom is 0.269 e. The molecule has 0 aliphatic heterocycles. The Morgan fingerprint density at radius 2 is 1.75 bits per heavy atom. The lowest BCUT2D eigenvalue weighted by molar-refractivity contribution is -0.479. The number of nitro groups is 2. The van der Waals surface area contributed by atoms with Crippen LogP contribution in [-0.2, 0) is 6.61 Å². The highest BCUT2D eigenvalue weighted by Crippen LogP contribution is 2.36. The summed E-state index contributed by atoms with van der Waals surface area (Å²) in [6, 6.07) is 18.8. The number of non-ortho nitro benzene ring substituents is 1. The Labute approximate surface area is 209 Å². The third kappa shape index (κ3) is 6.02. The molecule has 1 aromatic heterocycles. The number of benzene rings is 3. The van der Waals surface area contributed by atoms with E-state index < -0.39 is 15.1 Å². The van der Waals surface area contributed by atoms with E-state index in [0.29, 0.717) is 33.5 Å². The summed E-state index contributed by atoms with van der Waals surface area (Å²) in [5.41, 5.74) is 1.96. The predicted molar refractivity (Wildman–Crippen MR) is 130 cm³/mol. The van der Waals surface area contributed by atoms with Gasteiger partial charge in [-0.2, -0.15) is 0 Å². The SMILES string of the molecule is Cc1nnc(S[C@H](C[N+](=O)[O-])c2ccc(OCc3cccc([N+](=O)[O-])c3)cc2)n1-c1ccc(F)cc1. The molecule has 0 unspecified atom stereocenters. The molecular formula is C24H20FN5O5S. The average Bonchev–Trinajstić information content (AvgIpc) is 3.23. The Hall–Kier alpha value is -4.32. The molecule has 0 radical (unpaired) electrons. The molecule has 36 heavy (non-hydrogen) atoms. The van der Waals surface area contributed by atoms with Crippen molar-refractivity contribution in [1.29, 1.82) is 0 Å². The lowest BCUT2D eigenvalue weighted by Crippen LogP contribution is -2.11. The number of halogens is 1. The van der Waals surface area contributed by atoms with Crippen molar-refractivity contribution in [2.45, 2.75) is 23.9 Å². The molecule has 0 fully saturated rings. The third-order valence-electron chi connectivity index (χ3n) is 5.22. The number of aryl methyl sites for hydroxylation is 1. The van der Waals surface area contributed by atoms with E-state index in [-0.39, 0.29) is 24.7 Å². The van der Waals surface area contributed by atoms with Crippen LogP contribution < -0.4 is 4.74 Å². The number of nitro benzene ring substituents is 1. The molecule has 0 bridgehead atoms. The van der Waals surface area contributed by atoms with Crippen molar-refractivity contribution in [1.82, 2.24) is 14.8 Å². The fraction of sp³-hybridized carbons (Fsp3) is 0.167. The maximum atomic E-state index is 13.4. The lowest BCUT2D eigenvalue weighted by atomic mass is 10.1. The quantitative estimate of drug-likeness (QED) is 0.160. The second-order valence-electron chi connectivity index (χ2n) is 7.75. The third-order valence-corrected chi connectivity index (χ3v) is 6.40. The van der Waals surface area contributed by atoms with Gasteiger partial charge in [0, 0.05) is 22.7 Å². The van der Waals surface area contributed by atoms with Gasteiger partial charge in [0.15, 0.2) is 5.16 Å². The first-order chi connectivity index (χ1) is 17.3. The van der Waals surface area contributed by atoms with Crippen LogP contribution in [0.2, 0.25) is 0 Å². The summed E-state index contributed by atoms with van der Waals surface area (Å²) in [6.07, 6.45) is 0. The van der Waals surface area contributed by atoms with Gasteiger partial charge < -0.3 is 4.74 Å². The number of ether oxygens (including phenoxy) is 1. The Bertz CT molecular complexity index is 1380. The molecule has 0 amide bonds. The number of hydrogen-bond donors (Lipinski definition) is 0. The van der Waals surface area contributed by atoms with Crippen molar-refractivity contribution in [3.05, 3.63) is 116 Å². The number of rotatable bonds is 10. The first-order valence-corrected chi connectivity index (χ1v) is 11.6. The van der Waals surface area contributed by atoms with Crippen molar-refractivity contribution >= 4 is 17.4 Å². The monoisotopic (exact) mass is 509 g/mol. The highest BCUT2D eigenvalue weighted by atomic mass is 32.2. The summed E-state index contributed by atoms with van der Waals surface area (Å²) in [5, 5.41) is 30.5. The molecule has 0 spiro atoms. The van der Waals surface area contributed by atoms with Crippen LogP contribution in [0.4, 0.5) is 10.1 Å². The number of thioether (sulfide) groups is 1. The van der Waals surface area contributed by atoms with Gasteiger partial charge in [0.1, 0.15) is 29.2 Å². The van der Waals surface area contributed by atoms with E-state index in [0.717, 1.165) is 0 Å². The zero-order valence-corrected chi connectivity index (χ0v) is 19.8. The van der Waals surface area contributed by atoms with Gasteiger partial charge in [-0.1, -0.05) is 36.0 Å². The molecule has 1 heterocycles. The number of hydrogen-bond acceptors (Lipinski definition) is 8. The zero-order valence-electron chi connectivity index (χ0n) is 19.0. The second-order valence-corrected chi connectivity index (χ2v) is 8.92. The molecule has 184 valence electrons. The molecule has 0 N–H and O–H groups in total. The van der Waals surface area contributed by atoms with Gasteiger partial charge >= 0.3 is 0 Å². The number of aromatic nitrogens is 3. The smallest absolute Gasteiger partial charge is 0.269 e. The minimum absolute atomic E-state index is 0.0187. The van der Waals surface area contributed by atoms with Crippen molar-refractivity contribution in [3.63, 3.8) is 0 Å². The summed E-state index contributed by atoms with van der Waals surface area (Å²) in [7, 11) is 0. The van der Waals surface area contributed by atoms with Crippen LogP contribution in [0.5, 0.6) is 5.75 Å². The van der Waals surface area contributed by atoms with Crippen LogP contribution in [0, 0.1) is 33.0 Å². The Morgan fingerprint density at radius 3 is 2.42 bits per heavy atom. The fourth-order valence-electron chi connectivity index (χ4n) is 3.49. The first-order valence-electron chi connectivity index (χ1n) is 10.7. The lowest BCUT2D eigenvalue weighted by Gasteiger charge is -2.15. The molecule has 4 aromatic rings. The van der Waals surface area contributed by atoms with Crippen LogP contribution in [-0.4, -0.2) is 31.2 Å². The first kappa shape index (κ1) is 24.8. The summed E-state index contributed by atoms with van der Waals surface area (Å²) in [6.45, 7) is 1.53. The predicted octanol–water partition coefficient (Wildman–Crippen LogP) is 5.31. The van der Waals surface area contributed by atoms with Gasteiger partial charge in [-0.3, -0.25) is 24.8 Å². The largest absolute Gasteiger partial charge is 0.489 e. The molecule has 1 atom stereocenters. The van der Waals surface area contributed by atoms with Gasteiger partial charge in [-0.25, -0.2) is 4.39 Å². The van der Waals surface area contributed by atoms with Gasteiger partial charge in [0.25, 0.3) is 5.69 Å². The molecule has 0 aliphatic carbocycles. The van der Waals surface area contributed by atoms with Crippen LogP contribution >= 0.6 is 11.8 Å². The molecule has 12 heteroatoms. The minimum atomic E-state index is -0.575. The Kier molecular flexibility index (Phi) is 7.54. The van der Waals surface area contributed by atoms with E-state index in [1.54, 1.807) is 60.0 Å². The summed E-state index contributed by atoms with van der Waals surface area (Å²) in [5.74, 6) is 0.701. The molecule has 0 saturated carbocycles. The number of nitrogens with zero attached hydrogens (tertiary/aromatic N) is 5. The molecule has 4 rings (SSSR count). The van der Waals surface area contributed by atoms with Gasteiger partial charge in [0.2, 0.25) is 6.54 Å². The van der Waals surface area contributed by atoms with E-state index in [2.05, 4.69) is 10.2 Å². The standard InChI is InChI=1S/C24H20FN5O5S/c1-16-26-27-24(29(16)20-9-7-19(25)8-10-20)36-23(14-28(31)32)18-5-11-22(12-6-18)35-15-17-3-2-4-21(13-17)30(33)34/h2-13,23H,14-15H2,1H3/t23-/m1/s1. The molecular weight excluding hydrogens is 489 g/mol. The van der Waals surface area contributed by atoms with E-state index in [1.165, 1.54) is 36.0 Å². The summed E-state index contributed by atoms with van der Waals surface area (Å²) < 4.78 is 20.8. The summed E-state index contributed by atoms with van der Waals surface area (Å²) >= 11 is 1.19.